The van der Waals surface area contributed by atoms with Gasteiger partial charge in [-0.15, -0.1) is 12.4 Å². The molecule has 0 radical (unpaired) electrons. The average molecular weight is 312 g/mol. The quantitative estimate of drug-likeness (QED) is 0.878. The van der Waals surface area contributed by atoms with Crippen molar-refractivity contribution < 1.29 is 4.79 Å². The van der Waals surface area contributed by atoms with E-state index in [1.807, 2.05) is 19.2 Å². The highest BCUT2D eigenvalue weighted by atomic mass is 35.5. The molecular formula is C16H26ClN3O. The molecule has 1 amide bonds. The molecule has 2 heterocycles. The Bertz CT molecular complexity index is 447. The Morgan fingerprint density at radius 1 is 1.57 bits per heavy atom. The van der Waals surface area contributed by atoms with Gasteiger partial charge in [-0.2, -0.15) is 0 Å². The first-order chi connectivity index (χ1) is 9.66. The van der Waals surface area contributed by atoms with E-state index in [2.05, 4.69) is 22.5 Å². The molecule has 0 spiro atoms. The predicted octanol–water partition coefficient (Wildman–Crippen LogP) is 2.45. The lowest BCUT2D eigenvalue weighted by atomic mass is 9.85. The van der Waals surface area contributed by atoms with Crippen LogP contribution in [0.25, 0.3) is 0 Å². The van der Waals surface area contributed by atoms with E-state index in [0.29, 0.717) is 24.8 Å². The van der Waals surface area contributed by atoms with Gasteiger partial charge in [-0.25, -0.2) is 0 Å². The number of hydrogen-bond acceptors (Lipinski definition) is 3. The molecule has 1 fully saturated rings. The van der Waals surface area contributed by atoms with Crippen molar-refractivity contribution in [3.8, 4) is 0 Å². The zero-order chi connectivity index (χ0) is 14.4. The monoisotopic (exact) mass is 311 g/mol. The molecule has 2 rings (SSSR count). The van der Waals surface area contributed by atoms with Gasteiger partial charge in [0, 0.05) is 25.4 Å². The number of aromatic nitrogens is 1. The van der Waals surface area contributed by atoms with Crippen molar-refractivity contribution in [3.05, 3.63) is 29.6 Å². The van der Waals surface area contributed by atoms with Crippen LogP contribution < -0.4 is 10.6 Å². The Hall–Kier alpha value is -1.13. The summed E-state index contributed by atoms with van der Waals surface area (Å²) in [6.45, 7) is 6.98. The summed E-state index contributed by atoms with van der Waals surface area (Å²) in [4.78, 5) is 16.1. The first kappa shape index (κ1) is 17.9. The molecule has 2 N–H and O–H groups in total. The molecule has 2 unspecified atom stereocenters. The Morgan fingerprint density at radius 2 is 2.38 bits per heavy atom. The summed E-state index contributed by atoms with van der Waals surface area (Å²) in [6, 6.07) is 1.96. The lowest BCUT2D eigenvalue weighted by Crippen LogP contribution is -2.35. The van der Waals surface area contributed by atoms with Crippen LogP contribution in [0.15, 0.2) is 18.5 Å². The lowest BCUT2D eigenvalue weighted by molar-refractivity contribution is -0.122. The third-order valence-corrected chi connectivity index (χ3v) is 4.26. The van der Waals surface area contributed by atoms with Gasteiger partial charge in [0.2, 0.25) is 5.91 Å². The van der Waals surface area contributed by atoms with Crippen LogP contribution in [0.3, 0.4) is 0 Å². The van der Waals surface area contributed by atoms with Crippen LogP contribution in [0, 0.1) is 18.8 Å². The smallest absolute Gasteiger partial charge is 0.220 e. The molecule has 1 aromatic rings. The highest BCUT2D eigenvalue weighted by Gasteiger charge is 2.21. The molecule has 0 aliphatic carbocycles. The van der Waals surface area contributed by atoms with Gasteiger partial charge >= 0.3 is 0 Å². The molecular weight excluding hydrogens is 286 g/mol. The fourth-order valence-electron chi connectivity index (χ4n) is 2.79. The summed E-state index contributed by atoms with van der Waals surface area (Å²) >= 11 is 0. The maximum Gasteiger partial charge on any atom is 0.220 e. The second kappa shape index (κ2) is 9.00. The van der Waals surface area contributed by atoms with Crippen molar-refractivity contribution in [3.63, 3.8) is 0 Å². The second-order valence-corrected chi connectivity index (χ2v) is 5.87. The van der Waals surface area contributed by atoms with Crippen molar-refractivity contribution >= 4 is 18.3 Å². The summed E-state index contributed by atoms with van der Waals surface area (Å²) < 4.78 is 0. The Kier molecular flexibility index (Phi) is 7.68. The number of nitrogens with one attached hydrogen (secondary N) is 2. The van der Waals surface area contributed by atoms with Crippen molar-refractivity contribution in [2.45, 2.75) is 39.7 Å². The molecule has 1 aliphatic rings. The number of pyridine rings is 1. The number of aryl methyl sites for hydroxylation is 1. The molecule has 2 atom stereocenters. The van der Waals surface area contributed by atoms with Crippen LogP contribution in [-0.2, 0) is 11.3 Å². The summed E-state index contributed by atoms with van der Waals surface area (Å²) in [5.41, 5.74) is 2.26. The SMILES string of the molecule is Cc1cnccc1CNC(=O)CC(C)C1CCCNC1.Cl. The highest BCUT2D eigenvalue weighted by molar-refractivity contribution is 5.85. The minimum absolute atomic E-state index is 0. The van der Waals surface area contributed by atoms with E-state index in [0.717, 1.165) is 24.2 Å². The summed E-state index contributed by atoms with van der Waals surface area (Å²) in [7, 11) is 0. The number of halogens is 1. The molecule has 1 saturated heterocycles. The molecule has 0 saturated carbocycles. The number of piperidine rings is 1. The third kappa shape index (κ3) is 5.64. The van der Waals surface area contributed by atoms with E-state index in [4.69, 9.17) is 0 Å². The van der Waals surface area contributed by atoms with Crippen molar-refractivity contribution in [2.24, 2.45) is 11.8 Å². The van der Waals surface area contributed by atoms with Gasteiger partial charge in [0.05, 0.1) is 0 Å². The molecule has 0 aromatic carbocycles. The van der Waals surface area contributed by atoms with E-state index in [-0.39, 0.29) is 18.3 Å². The van der Waals surface area contributed by atoms with Gasteiger partial charge in [-0.1, -0.05) is 6.92 Å². The summed E-state index contributed by atoms with van der Waals surface area (Å²) in [6.07, 6.45) is 6.69. The fraction of sp³-hybridized carbons (Fsp3) is 0.625. The second-order valence-electron chi connectivity index (χ2n) is 5.87. The third-order valence-electron chi connectivity index (χ3n) is 4.26. The van der Waals surface area contributed by atoms with E-state index in [1.54, 1.807) is 6.20 Å². The molecule has 1 aliphatic heterocycles. The van der Waals surface area contributed by atoms with Gasteiger partial charge < -0.3 is 10.6 Å². The Labute approximate surface area is 133 Å². The van der Waals surface area contributed by atoms with Crippen molar-refractivity contribution in [2.75, 3.05) is 13.1 Å². The first-order valence-corrected chi connectivity index (χ1v) is 7.53. The van der Waals surface area contributed by atoms with E-state index in [9.17, 15) is 4.79 Å². The Balaban J connectivity index is 0.00000220. The van der Waals surface area contributed by atoms with Gasteiger partial charge in [0.25, 0.3) is 0 Å². The number of rotatable bonds is 5. The molecule has 4 nitrogen and oxygen atoms in total. The van der Waals surface area contributed by atoms with Crippen LogP contribution in [0.2, 0.25) is 0 Å². The van der Waals surface area contributed by atoms with Gasteiger partial charge in [0.15, 0.2) is 0 Å². The van der Waals surface area contributed by atoms with Crippen LogP contribution in [0.4, 0.5) is 0 Å². The molecule has 0 bridgehead atoms. The van der Waals surface area contributed by atoms with Crippen LogP contribution in [0.1, 0.15) is 37.3 Å². The maximum absolute atomic E-state index is 12.0. The average Bonchev–Trinajstić information content (AvgIpc) is 2.47. The van der Waals surface area contributed by atoms with Crippen LogP contribution >= 0.6 is 12.4 Å². The number of carbonyl (C=O) groups is 1. The maximum atomic E-state index is 12.0. The fourth-order valence-corrected chi connectivity index (χ4v) is 2.79. The van der Waals surface area contributed by atoms with Gasteiger partial charge in [0.1, 0.15) is 0 Å². The van der Waals surface area contributed by atoms with Crippen molar-refractivity contribution in [1.82, 2.24) is 15.6 Å². The molecule has 118 valence electrons. The lowest BCUT2D eigenvalue weighted by Gasteiger charge is -2.28. The highest BCUT2D eigenvalue weighted by Crippen LogP contribution is 2.22. The van der Waals surface area contributed by atoms with Gasteiger partial charge in [-0.3, -0.25) is 9.78 Å². The molecule has 5 heteroatoms. The minimum atomic E-state index is 0. The van der Waals surface area contributed by atoms with Crippen molar-refractivity contribution in [1.29, 1.82) is 0 Å². The topological polar surface area (TPSA) is 54.0 Å². The largest absolute Gasteiger partial charge is 0.352 e. The number of nitrogens with zero attached hydrogens (tertiary/aromatic N) is 1. The van der Waals surface area contributed by atoms with E-state index >= 15 is 0 Å². The van der Waals surface area contributed by atoms with Crippen LogP contribution in [-0.4, -0.2) is 24.0 Å². The summed E-state index contributed by atoms with van der Waals surface area (Å²) in [5, 5.41) is 6.44. The number of amides is 1. The Morgan fingerprint density at radius 3 is 3.05 bits per heavy atom. The molecule has 21 heavy (non-hydrogen) atoms. The predicted molar refractivity (Wildman–Crippen MR) is 87.4 cm³/mol. The van der Waals surface area contributed by atoms with E-state index in [1.165, 1.54) is 12.8 Å². The normalized spacial score (nSPS) is 19.4. The van der Waals surface area contributed by atoms with Gasteiger partial charge in [-0.05, 0) is 61.9 Å². The van der Waals surface area contributed by atoms with Crippen LogP contribution in [0.5, 0.6) is 0 Å². The summed E-state index contributed by atoms with van der Waals surface area (Å²) in [5.74, 6) is 1.23. The zero-order valence-corrected chi connectivity index (χ0v) is 13.7. The van der Waals surface area contributed by atoms with E-state index < -0.39 is 0 Å². The zero-order valence-electron chi connectivity index (χ0n) is 12.9. The minimum Gasteiger partial charge on any atom is -0.352 e. The standard InChI is InChI=1S/C16H25N3O.ClH/c1-12(14-4-3-6-17-10-14)8-16(20)19-11-15-5-7-18-9-13(15)2;/h5,7,9,12,14,17H,3-4,6,8,10-11H2,1-2H3,(H,19,20);1H. The first-order valence-electron chi connectivity index (χ1n) is 7.53. The molecule has 1 aromatic heterocycles. The number of carbonyl (C=O) groups excluding carboxylic acids is 1. The number of hydrogen-bond donors (Lipinski definition) is 2.